The second-order valence-corrected chi connectivity index (χ2v) is 7.65. The average Bonchev–Trinajstić information content (AvgIpc) is 3.04. The zero-order valence-electron chi connectivity index (χ0n) is 13.1. The second kappa shape index (κ2) is 6.89. The van der Waals surface area contributed by atoms with Gasteiger partial charge in [-0.05, 0) is 39.7 Å². The highest BCUT2D eigenvalue weighted by Gasteiger charge is 2.31. The summed E-state index contributed by atoms with van der Waals surface area (Å²) in [4.78, 5) is 0.344. The minimum absolute atomic E-state index is 0.268. The van der Waals surface area contributed by atoms with Crippen LogP contribution >= 0.6 is 0 Å². The maximum absolute atomic E-state index is 13.0. The van der Waals surface area contributed by atoms with Crippen LogP contribution in [0.4, 0.5) is 0 Å². The predicted octanol–water partition coefficient (Wildman–Crippen LogP) is 1.57. The van der Waals surface area contributed by atoms with Crippen LogP contribution in [0.25, 0.3) is 0 Å². The molecule has 0 radical (unpaired) electrons. The lowest BCUT2D eigenvalue weighted by Gasteiger charge is -2.25. The van der Waals surface area contributed by atoms with E-state index in [1.54, 1.807) is 18.2 Å². The molecule has 0 aliphatic carbocycles. The third-order valence-electron chi connectivity index (χ3n) is 4.01. The van der Waals surface area contributed by atoms with Gasteiger partial charge in [-0.3, -0.25) is 5.10 Å². The van der Waals surface area contributed by atoms with Gasteiger partial charge in [0.1, 0.15) is 4.90 Å². The molecule has 2 heterocycles. The van der Waals surface area contributed by atoms with Gasteiger partial charge in [-0.1, -0.05) is 13.3 Å². The molecular weight excluding hydrogens is 288 g/mol. The Kier molecular flexibility index (Phi) is 5.40. The molecule has 21 heavy (non-hydrogen) atoms. The lowest BCUT2D eigenvalue weighted by molar-refractivity contribution is 0.363. The standard InChI is InChI=1S/C14H26N4O2S/c1-4-5-9-18(10-13-7-6-8-15-13)21(19,20)14-11(2)16-17-12(14)3/h13,15H,4-10H2,1-3H3,(H,16,17). The number of aromatic amines is 1. The van der Waals surface area contributed by atoms with Gasteiger partial charge >= 0.3 is 0 Å². The van der Waals surface area contributed by atoms with E-state index in [0.717, 1.165) is 32.2 Å². The average molecular weight is 314 g/mol. The summed E-state index contributed by atoms with van der Waals surface area (Å²) in [6.07, 6.45) is 4.02. The molecule has 2 N–H and O–H groups in total. The predicted molar refractivity (Wildman–Crippen MR) is 82.8 cm³/mol. The van der Waals surface area contributed by atoms with E-state index in [0.29, 0.717) is 29.4 Å². The molecule has 1 aromatic rings. The van der Waals surface area contributed by atoms with Crippen LogP contribution < -0.4 is 5.32 Å². The lowest BCUT2D eigenvalue weighted by atomic mass is 10.2. The molecule has 0 saturated carbocycles. The number of nitrogens with zero attached hydrogens (tertiary/aromatic N) is 2. The summed E-state index contributed by atoms with van der Waals surface area (Å²) in [6.45, 7) is 7.68. The molecule has 120 valence electrons. The molecule has 1 aliphatic rings. The van der Waals surface area contributed by atoms with Crippen molar-refractivity contribution in [1.29, 1.82) is 0 Å². The van der Waals surface area contributed by atoms with Crippen molar-refractivity contribution >= 4 is 10.0 Å². The summed E-state index contributed by atoms with van der Waals surface area (Å²) in [5.41, 5.74) is 1.17. The number of H-pyrrole nitrogens is 1. The van der Waals surface area contributed by atoms with Crippen molar-refractivity contribution in [2.24, 2.45) is 0 Å². The van der Waals surface area contributed by atoms with Crippen molar-refractivity contribution in [1.82, 2.24) is 19.8 Å². The van der Waals surface area contributed by atoms with Crippen LogP contribution in [0.15, 0.2) is 4.90 Å². The number of nitrogens with one attached hydrogen (secondary N) is 2. The van der Waals surface area contributed by atoms with E-state index < -0.39 is 10.0 Å². The molecule has 0 bridgehead atoms. The van der Waals surface area contributed by atoms with Gasteiger partial charge in [-0.15, -0.1) is 0 Å². The molecule has 2 rings (SSSR count). The highest BCUT2D eigenvalue weighted by Crippen LogP contribution is 2.23. The van der Waals surface area contributed by atoms with Crippen LogP contribution in [0.2, 0.25) is 0 Å². The number of unbranched alkanes of at least 4 members (excludes halogenated alkanes) is 1. The zero-order chi connectivity index (χ0) is 15.5. The summed E-state index contributed by atoms with van der Waals surface area (Å²) in [5.74, 6) is 0. The molecule has 1 unspecified atom stereocenters. The number of aryl methyl sites for hydroxylation is 2. The van der Waals surface area contributed by atoms with Gasteiger partial charge < -0.3 is 5.32 Å². The molecular formula is C14H26N4O2S. The monoisotopic (exact) mass is 314 g/mol. The van der Waals surface area contributed by atoms with Crippen molar-refractivity contribution in [2.75, 3.05) is 19.6 Å². The first-order chi connectivity index (χ1) is 9.96. The summed E-state index contributed by atoms with van der Waals surface area (Å²) in [6, 6.07) is 0.268. The Balaban J connectivity index is 2.25. The normalized spacial score (nSPS) is 19.5. The fourth-order valence-electron chi connectivity index (χ4n) is 2.85. The third-order valence-corrected chi connectivity index (χ3v) is 6.13. The molecule has 6 nitrogen and oxygen atoms in total. The van der Waals surface area contributed by atoms with Gasteiger partial charge in [-0.2, -0.15) is 9.40 Å². The SMILES string of the molecule is CCCCN(CC1CCCN1)S(=O)(=O)c1c(C)n[nH]c1C. The summed E-state index contributed by atoms with van der Waals surface area (Å²) >= 11 is 0. The van der Waals surface area contributed by atoms with Crippen molar-refractivity contribution in [3.8, 4) is 0 Å². The smallest absolute Gasteiger partial charge is 0.246 e. The maximum Gasteiger partial charge on any atom is 0.246 e. The fourth-order valence-corrected chi connectivity index (χ4v) is 4.71. The van der Waals surface area contributed by atoms with E-state index in [2.05, 4.69) is 22.4 Å². The minimum atomic E-state index is -3.48. The summed E-state index contributed by atoms with van der Waals surface area (Å²) < 4.78 is 27.6. The van der Waals surface area contributed by atoms with Crippen LogP contribution in [0.3, 0.4) is 0 Å². The Morgan fingerprint density at radius 2 is 2.14 bits per heavy atom. The van der Waals surface area contributed by atoms with E-state index in [4.69, 9.17) is 0 Å². The van der Waals surface area contributed by atoms with Gasteiger partial charge in [0.25, 0.3) is 0 Å². The lowest BCUT2D eigenvalue weighted by Crippen LogP contribution is -2.41. The van der Waals surface area contributed by atoms with Crippen LogP contribution in [0.1, 0.15) is 44.0 Å². The number of aromatic nitrogens is 2. The van der Waals surface area contributed by atoms with Crippen molar-refractivity contribution in [2.45, 2.75) is 57.4 Å². The Hall–Kier alpha value is -0.920. The van der Waals surface area contributed by atoms with Gasteiger partial charge in [-0.25, -0.2) is 8.42 Å². The van der Waals surface area contributed by atoms with Gasteiger partial charge in [0, 0.05) is 19.1 Å². The molecule has 0 spiro atoms. The topological polar surface area (TPSA) is 78.1 Å². The first-order valence-electron chi connectivity index (χ1n) is 7.72. The number of sulfonamides is 1. The van der Waals surface area contributed by atoms with Crippen LogP contribution in [0, 0.1) is 13.8 Å². The van der Waals surface area contributed by atoms with Crippen LogP contribution in [-0.2, 0) is 10.0 Å². The molecule has 0 amide bonds. The van der Waals surface area contributed by atoms with E-state index in [9.17, 15) is 8.42 Å². The summed E-state index contributed by atoms with van der Waals surface area (Å²) in [7, 11) is -3.48. The van der Waals surface area contributed by atoms with Crippen LogP contribution in [0.5, 0.6) is 0 Å². The fraction of sp³-hybridized carbons (Fsp3) is 0.786. The van der Waals surface area contributed by atoms with Gasteiger partial charge in [0.15, 0.2) is 0 Å². The van der Waals surface area contributed by atoms with Gasteiger partial charge in [0.05, 0.1) is 11.4 Å². The molecule has 1 aromatic heterocycles. The largest absolute Gasteiger partial charge is 0.313 e. The quantitative estimate of drug-likeness (QED) is 0.801. The molecule has 1 saturated heterocycles. The van der Waals surface area contributed by atoms with Crippen molar-refractivity contribution in [3.05, 3.63) is 11.4 Å². The van der Waals surface area contributed by atoms with E-state index in [1.165, 1.54) is 0 Å². The summed E-state index contributed by atoms with van der Waals surface area (Å²) in [5, 5.41) is 10.2. The Bertz CT molecular complexity index is 542. The first-order valence-corrected chi connectivity index (χ1v) is 9.16. The van der Waals surface area contributed by atoms with Crippen LogP contribution in [-0.4, -0.2) is 48.6 Å². The van der Waals surface area contributed by atoms with E-state index >= 15 is 0 Å². The molecule has 7 heteroatoms. The third kappa shape index (κ3) is 3.64. The Morgan fingerprint density at radius 1 is 1.38 bits per heavy atom. The Labute approximate surface area is 127 Å². The Morgan fingerprint density at radius 3 is 2.67 bits per heavy atom. The molecule has 0 aromatic carbocycles. The molecule has 1 atom stereocenters. The van der Waals surface area contributed by atoms with E-state index in [-0.39, 0.29) is 6.04 Å². The highest BCUT2D eigenvalue weighted by molar-refractivity contribution is 7.89. The number of rotatable bonds is 7. The van der Waals surface area contributed by atoms with E-state index in [1.807, 2.05) is 0 Å². The number of hydrogen-bond acceptors (Lipinski definition) is 4. The minimum Gasteiger partial charge on any atom is -0.313 e. The molecule has 1 fully saturated rings. The second-order valence-electron chi connectivity index (χ2n) is 5.77. The van der Waals surface area contributed by atoms with Gasteiger partial charge in [0.2, 0.25) is 10.0 Å². The van der Waals surface area contributed by atoms with Crippen molar-refractivity contribution in [3.63, 3.8) is 0 Å². The zero-order valence-corrected chi connectivity index (χ0v) is 14.0. The first kappa shape index (κ1) is 16.5. The highest BCUT2D eigenvalue weighted by atomic mass is 32.2. The maximum atomic E-state index is 13.0. The molecule has 1 aliphatic heterocycles. The van der Waals surface area contributed by atoms with Crippen molar-refractivity contribution < 1.29 is 8.42 Å². The number of hydrogen-bond donors (Lipinski definition) is 2.